The molecule has 0 bridgehead atoms. The van der Waals surface area contributed by atoms with Crippen LogP contribution in [-0.4, -0.2) is 23.3 Å². The standard InChI is InChI=1S/C23H30O3/c1-3-10-23-12-8-16(25)13-15(23)4-5-17-18-6-7-20(21(26)14-24)22(18,2)11-9-19(17)23/h1,13,17-20,24H,4-12,14H2,2H3/t17?,18-,19-,20?,22-,23-/m0/s1. The monoisotopic (exact) mass is 354 g/mol. The largest absolute Gasteiger partial charge is 0.389 e. The lowest BCUT2D eigenvalue weighted by Crippen LogP contribution is -2.52. The van der Waals surface area contributed by atoms with Crippen LogP contribution in [0.1, 0.15) is 64.7 Å². The molecule has 26 heavy (non-hydrogen) atoms. The van der Waals surface area contributed by atoms with Gasteiger partial charge in [0.1, 0.15) is 6.61 Å². The molecule has 3 heteroatoms. The number of ketones is 2. The zero-order chi connectivity index (χ0) is 18.5. The highest BCUT2D eigenvalue weighted by Crippen LogP contribution is 2.67. The first kappa shape index (κ1) is 18.0. The summed E-state index contributed by atoms with van der Waals surface area (Å²) in [5.74, 6) is 4.96. The number of aliphatic hydroxyl groups excluding tert-OH is 1. The van der Waals surface area contributed by atoms with Gasteiger partial charge in [0.25, 0.3) is 0 Å². The van der Waals surface area contributed by atoms with Crippen molar-refractivity contribution in [1.29, 1.82) is 0 Å². The molecule has 3 nitrogen and oxygen atoms in total. The van der Waals surface area contributed by atoms with Gasteiger partial charge in [0.05, 0.1) is 0 Å². The number of carbonyl (C=O) groups excluding carboxylic acids is 2. The number of hydrogen-bond acceptors (Lipinski definition) is 3. The maximum Gasteiger partial charge on any atom is 0.161 e. The predicted octanol–water partition coefficient (Wildman–Crippen LogP) is 3.70. The van der Waals surface area contributed by atoms with Crippen LogP contribution in [-0.2, 0) is 9.59 Å². The lowest BCUT2D eigenvalue weighted by atomic mass is 9.45. The molecule has 0 heterocycles. The average molecular weight is 354 g/mol. The molecule has 0 aromatic rings. The molecule has 2 unspecified atom stereocenters. The molecule has 3 fully saturated rings. The van der Waals surface area contributed by atoms with Crippen molar-refractivity contribution < 1.29 is 14.7 Å². The molecule has 4 rings (SSSR count). The summed E-state index contributed by atoms with van der Waals surface area (Å²) in [4.78, 5) is 24.4. The summed E-state index contributed by atoms with van der Waals surface area (Å²) in [6, 6.07) is 0. The van der Waals surface area contributed by atoms with Crippen molar-refractivity contribution in [3.05, 3.63) is 11.6 Å². The second-order valence-electron chi connectivity index (χ2n) is 9.39. The van der Waals surface area contributed by atoms with E-state index in [1.807, 2.05) is 6.08 Å². The Hall–Kier alpha value is -1.40. The summed E-state index contributed by atoms with van der Waals surface area (Å²) in [6.45, 7) is 1.97. The third-order valence-corrected chi connectivity index (χ3v) is 8.65. The third-order valence-electron chi connectivity index (χ3n) is 8.65. The summed E-state index contributed by atoms with van der Waals surface area (Å²) in [5.41, 5.74) is 1.37. The molecule has 0 aromatic carbocycles. The first-order valence-electron chi connectivity index (χ1n) is 10.3. The smallest absolute Gasteiger partial charge is 0.161 e. The maximum atomic E-state index is 12.3. The molecule has 4 aliphatic carbocycles. The van der Waals surface area contributed by atoms with Crippen molar-refractivity contribution in [3.8, 4) is 12.3 Å². The number of allylic oxidation sites excluding steroid dienone is 1. The summed E-state index contributed by atoms with van der Waals surface area (Å²) >= 11 is 0. The number of rotatable bonds is 3. The minimum Gasteiger partial charge on any atom is -0.389 e. The van der Waals surface area contributed by atoms with Crippen molar-refractivity contribution in [3.63, 3.8) is 0 Å². The Morgan fingerprint density at radius 2 is 2.04 bits per heavy atom. The van der Waals surface area contributed by atoms with E-state index in [0.29, 0.717) is 24.2 Å². The molecule has 0 aliphatic heterocycles. The topological polar surface area (TPSA) is 54.4 Å². The lowest BCUT2D eigenvalue weighted by Gasteiger charge is -2.58. The van der Waals surface area contributed by atoms with Crippen LogP contribution in [0, 0.1) is 46.8 Å². The van der Waals surface area contributed by atoms with Gasteiger partial charge in [0, 0.05) is 24.2 Å². The van der Waals surface area contributed by atoms with Crippen LogP contribution >= 0.6 is 0 Å². The molecule has 0 spiro atoms. The molecular weight excluding hydrogens is 324 g/mol. The quantitative estimate of drug-likeness (QED) is 0.786. The Labute approximate surface area is 156 Å². The molecular formula is C23H30O3. The average Bonchev–Trinajstić information content (AvgIpc) is 2.99. The van der Waals surface area contributed by atoms with E-state index in [1.54, 1.807) is 0 Å². The van der Waals surface area contributed by atoms with Gasteiger partial charge < -0.3 is 5.11 Å². The highest BCUT2D eigenvalue weighted by Gasteiger charge is 2.60. The zero-order valence-electron chi connectivity index (χ0n) is 15.8. The van der Waals surface area contributed by atoms with Gasteiger partial charge in [-0.3, -0.25) is 9.59 Å². The van der Waals surface area contributed by atoms with Crippen LogP contribution < -0.4 is 0 Å². The van der Waals surface area contributed by atoms with E-state index < -0.39 is 0 Å². The van der Waals surface area contributed by atoms with E-state index in [0.717, 1.165) is 51.4 Å². The van der Waals surface area contributed by atoms with Crippen molar-refractivity contribution in [1.82, 2.24) is 0 Å². The van der Waals surface area contributed by atoms with Crippen LogP contribution in [0.25, 0.3) is 0 Å². The number of carbonyl (C=O) groups is 2. The SMILES string of the molecule is C#CC[C@]12CCC(=O)C=C1CCC1[C@@H]2CC[C@]2(C)C(C(=O)CO)CC[C@@H]12. The van der Waals surface area contributed by atoms with E-state index in [-0.39, 0.29) is 34.9 Å². The Bertz CT molecular complexity index is 699. The van der Waals surface area contributed by atoms with E-state index in [4.69, 9.17) is 6.42 Å². The molecule has 0 saturated heterocycles. The first-order chi connectivity index (χ1) is 12.5. The number of hydrogen-bond donors (Lipinski definition) is 1. The number of fused-ring (bicyclic) bond motifs is 5. The Balaban J connectivity index is 1.69. The van der Waals surface area contributed by atoms with Crippen LogP contribution in [0.5, 0.6) is 0 Å². The molecule has 3 saturated carbocycles. The van der Waals surface area contributed by atoms with E-state index in [2.05, 4.69) is 12.8 Å². The molecule has 1 N–H and O–H groups in total. The molecule has 140 valence electrons. The van der Waals surface area contributed by atoms with E-state index in [9.17, 15) is 14.7 Å². The van der Waals surface area contributed by atoms with Crippen molar-refractivity contribution in [2.45, 2.75) is 64.7 Å². The van der Waals surface area contributed by atoms with Crippen LogP contribution in [0.2, 0.25) is 0 Å². The van der Waals surface area contributed by atoms with Crippen LogP contribution in [0.3, 0.4) is 0 Å². The summed E-state index contributed by atoms with van der Waals surface area (Å²) in [7, 11) is 0. The molecule has 6 atom stereocenters. The van der Waals surface area contributed by atoms with Crippen LogP contribution in [0.4, 0.5) is 0 Å². The van der Waals surface area contributed by atoms with Crippen molar-refractivity contribution in [2.75, 3.05) is 6.61 Å². The Morgan fingerprint density at radius 1 is 1.23 bits per heavy atom. The second kappa shape index (κ2) is 6.34. The number of terminal acetylenes is 1. The minimum atomic E-state index is -0.322. The fourth-order valence-corrected chi connectivity index (χ4v) is 7.51. The third kappa shape index (κ3) is 2.38. The van der Waals surface area contributed by atoms with Gasteiger partial charge in [-0.25, -0.2) is 0 Å². The highest BCUT2D eigenvalue weighted by atomic mass is 16.3. The molecule has 0 amide bonds. The van der Waals surface area contributed by atoms with Gasteiger partial charge in [-0.15, -0.1) is 12.3 Å². The lowest BCUT2D eigenvalue weighted by molar-refractivity contribution is -0.133. The molecule has 4 aliphatic rings. The van der Waals surface area contributed by atoms with Crippen LogP contribution in [0.15, 0.2) is 11.6 Å². The van der Waals surface area contributed by atoms with Gasteiger partial charge in [0.15, 0.2) is 11.6 Å². The highest BCUT2D eigenvalue weighted by molar-refractivity contribution is 5.91. The summed E-state index contributed by atoms with van der Waals surface area (Å²) in [5, 5.41) is 9.41. The van der Waals surface area contributed by atoms with Crippen molar-refractivity contribution >= 4 is 11.6 Å². The number of aliphatic hydroxyl groups is 1. The van der Waals surface area contributed by atoms with E-state index in [1.165, 1.54) is 5.57 Å². The fraction of sp³-hybridized carbons (Fsp3) is 0.739. The first-order valence-corrected chi connectivity index (χ1v) is 10.3. The normalized spacial score (nSPS) is 44.3. The van der Waals surface area contributed by atoms with Gasteiger partial charge in [-0.1, -0.05) is 12.5 Å². The Morgan fingerprint density at radius 3 is 2.77 bits per heavy atom. The van der Waals surface area contributed by atoms with Gasteiger partial charge in [-0.2, -0.15) is 0 Å². The van der Waals surface area contributed by atoms with Gasteiger partial charge in [0.2, 0.25) is 0 Å². The van der Waals surface area contributed by atoms with Gasteiger partial charge in [-0.05, 0) is 74.2 Å². The minimum absolute atomic E-state index is 0.0198. The van der Waals surface area contributed by atoms with Gasteiger partial charge >= 0.3 is 0 Å². The second-order valence-corrected chi connectivity index (χ2v) is 9.39. The predicted molar refractivity (Wildman–Crippen MR) is 100 cm³/mol. The molecule has 0 aromatic heterocycles. The summed E-state index contributed by atoms with van der Waals surface area (Å²) < 4.78 is 0. The maximum absolute atomic E-state index is 12.3. The fourth-order valence-electron chi connectivity index (χ4n) is 7.51. The number of Topliss-reactive ketones (excluding diaryl/α,β-unsaturated/α-hetero) is 1. The summed E-state index contributed by atoms with van der Waals surface area (Å²) in [6.07, 6.45) is 16.3. The molecule has 0 radical (unpaired) electrons. The van der Waals surface area contributed by atoms with Crippen molar-refractivity contribution in [2.24, 2.45) is 34.5 Å². The zero-order valence-corrected chi connectivity index (χ0v) is 15.8. The van der Waals surface area contributed by atoms with E-state index >= 15 is 0 Å². The Kier molecular flexibility index (Phi) is 4.39.